The third-order valence-electron chi connectivity index (χ3n) is 3.22. The summed E-state index contributed by atoms with van der Waals surface area (Å²) in [6.45, 7) is 3.02. The number of hydrogen-bond donors (Lipinski definition) is 1. The molecule has 1 aliphatic rings. The number of hydrogen-bond acceptors (Lipinski definition) is 3. The van der Waals surface area contributed by atoms with Crippen LogP contribution in [0.2, 0.25) is 0 Å². The van der Waals surface area contributed by atoms with Gasteiger partial charge in [-0.15, -0.1) is 0 Å². The topological polar surface area (TPSA) is 49.8 Å². The molecule has 0 heterocycles. The molecular weight excluding hydrogens is 254 g/mol. The fourth-order valence-electron chi connectivity index (χ4n) is 2.07. The van der Waals surface area contributed by atoms with Crippen LogP contribution < -0.4 is 4.74 Å². The smallest absolute Gasteiger partial charge is 0.246 e. The SMILES string of the molecule is CCOc1ccc(/C=C/C(=O)N(CCO)C2CC2)cc1. The Morgan fingerprint density at radius 3 is 2.65 bits per heavy atom. The minimum Gasteiger partial charge on any atom is -0.494 e. The first-order valence-corrected chi connectivity index (χ1v) is 7.07. The summed E-state index contributed by atoms with van der Waals surface area (Å²) in [5, 5.41) is 9.00. The second-order valence-electron chi connectivity index (χ2n) is 4.82. The van der Waals surface area contributed by atoms with Gasteiger partial charge in [0, 0.05) is 18.7 Å². The Morgan fingerprint density at radius 1 is 1.40 bits per heavy atom. The maximum Gasteiger partial charge on any atom is 0.246 e. The van der Waals surface area contributed by atoms with E-state index in [4.69, 9.17) is 9.84 Å². The van der Waals surface area contributed by atoms with E-state index < -0.39 is 0 Å². The van der Waals surface area contributed by atoms with Crippen molar-refractivity contribution in [3.63, 3.8) is 0 Å². The molecule has 0 radical (unpaired) electrons. The number of carbonyl (C=O) groups excluding carboxylic acids is 1. The van der Waals surface area contributed by atoms with E-state index in [1.54, 1.807) is 17.1 Å². The predicted molar refractivity (Wildman–Crippen MR) is 78.5 cm³/mol. The van der Waals surface area contributed by atoms with Crippen molar-refractivity contribution in [3.05, 3.63) is 35.9 Å². The van der Waals surface area contributed by atoms with E-state index in [0.29, 0.717) is 19.2 Å². The first kappa shape index (κ1) is 14.6. The highest BCUT2D eigenvalue weighted by atomic mass is 16.5. The Hall–Kier alpha value is -1.81. The number of nitrogens with zero attached hydrogens (tertiary/aromatic N) is 1. The molecule has 1 aromatic carbocycles. The van der Waals surface area contributed by atoms with Crippen LogP contribution in [-0.2, 0) is 4.79 Å². The Bertz CT molecular complexity index is 463. The molecule has 0 aromatic heterocycles. The second-order valence-corrected chi connectivity index (χ2v) is 4.82. The van der Waals surface area contributed by atoms with Gasteiger partial charge in [-0.3, -0.25) is 4.79 Å². The molecule has 1 N–H and O–H groups in total. The minimum absolute atomic E-state index is 0.0130. The van der Waals surface area contributed by atoms with Crippen molar-refractivity contribution in [2.45, 2.75) is 25.8 Å². The van der Waals surface area contributed by atoms with Gasteiger partial charge in [-0.05, 0) is 43.5 Å². The van der Waals surface area contributed by atoms with Crippen LogP contribution in [-0.4, -0.2) is 41.7 Å². The van der Waals surface area contributed by atoms with Crippen LogP contribution in [0.1, 0.15) is 25.3 Å². The summed E-state index contributed by atoms with van der Waals surface area (Å²) in [6.07, 6.45) is 5.46. The van der Waals surface area contributed by atoms with E-state index >= 15 is 0 Å². The lowest BCUT2D eigenvalue weighted by atomic mass is 10.2. The van der Waals surface area contributed by atoms with Gasteiger partial charge >= 0.3 is 0 Å². The minimum atomic E-state index is -0.0320. The standard InChI is InChI=1S/C16H21NO3/c1-2-20-15-8-3-13(4-9-15)5-10-16(19)17(11-12-18)14-6-7-14/h3-5,8-10,14,18H,2,6-7,11-12H2,1H3/b10-5+. The number of ether oxygens (including phenoxy) is 1. The van der Waals surface area contributed by atoms with Gasteiger partial charge in [-0.1, -0.05) is 12.1 Å². The molecule has 1 aromatic rings. The number of amides is 1. The molecule has 1 fully saturated rings. The van der Waals surface area contributed by atoms with Crippen LogP contribution in [0.25, 0.3) is 6.08 Å². The van der Waals surface area contributed by atoms with Gasteiger partial charge in [-0.25, -0.2) is 0 Å². The fraction of sp³-hybridized carbons (Fsp3) is 0.438. The number of carbonyl (C=O) groups is 1. The molecule has 0 bridgehead atoms. The van der Waals surface area contributed by atoms with E-state index in [0.717, 1.165) is 24.2 Å². The Kier molecular flexibility index (Phi) is 5.18. The molecular formula is C16H21NO3. The molecule has 20 heavy (non-hydrogen) atoms. The number of aliphatic hydroxyl groups is 1. The number of benzene rings is 1. The predicted octanol–water partition coefficient (Wildman–Crippen LogP) is 2.08. The maximum atomic E-state index is 12.1. The zero-order valence-electron chi connectivity index (χ0n) is 11.8. The Morgan fingerprint density at radius 2 is 2.10 bits per heavy atom. The van der Waals surface area contributed by atoms with Crippen molar-refractivity contribution >= 4 is 12.0 Å². The summed E-state index contributed by atoms with van der Waals surface area (Å²) in [7, 11) is 0. The highest BCUT2D eigenvalue weighted by Gasteiger charge is 2.30. The molecule has 0 unspecified atom stereocenters. The van der Waals surface area contributed by atoms with Gasteiger partial charge in [0.25, 0.3) is 0 Å². The summed E-state index contributed by atoms with van der Waals surface area (Å²) in [4.78, 5) is 13.8. The summed E-state index contributed by atoms with van der Waals surface area (Å²) in [5.41, 5.74) is 0.960. The van der Waals surface area contributed by atoms with Crippen molar-refractivity contribution in [2.24, 2.45) is 0 Å². The van der Waals surface area contributed by atoms with Gasteiger partial charge in [0.1, 0.15) is 5.75 Å². The zero-order valence-corrected chi connectivity index (χ0v) is 11.8. The molecule has 1 amide bonds. The summed E-state index contributed by atoms with van der Waals surface area (Å²) >= 11 is 0. The molecule has 0 aliphatic heterocycles. The Labute approximate surface area is 119 Å². The summed E-state index contributed by atoms with van der Waals surface area (Å²) in [5.74, 6) is 0.797. The van der Waals surface area contributed by atoms with E-state index in [-0.39, 0.29) is 12.5 Å². The molecule has 1 saturated carbocycles. The van der Waals surface area contributed by atoms with Gasteiger partial charge in [0.2, 0.25) is 5.91 Å². The Balaban J connectivity index is 1.95. The van der Waals surface area contributed by atoms with Crippen molar-refractivity contribution < 1.29 is 14.6 Å². The summed E-state index contributed by atoms with van der Waals surface area (Å²) in [6, 6.07) is 7.93. The van der Waals surface area contributed by atoms with Crippen molar-refractivity contribution in [2.75, 3.05) is 19.8 Å². The van der Waals surface area contributed by atoms with E-state index in [1.807, 2.05) is 31.2 Å². The molecule has 0 saturated heterocycles. The highest BCUT2D eigenvalue weighted by molar-refractivity contribution is 5.92. The van der Waals surface area contributed by atoms with Gasteiger partial charge < -0.3 is 14.7 Å². The second kappa shape index (κ2) is 7.10. The average Bonchev–Trinajstić information content (AvgIpc) is 3.28. The quantitative estimate of drug-likeness (QED) is 0.775. The maximum absolute atomic E-state index is 12.1. The molecule has 1 aliphatic carbocycles. The lowest BCUT2D eigenvalue weighted by molar-refractivity contribution is -0.127. The van der Waals surface area contributed by atoms with Crippen LogP contribution in [0.5, 0.6) is 5.75 Å². The lowest BCUT2D eigenvalue weighted by Gasteiger charge is -2.19. The normalized spacial score (nSPS) is 14.5. The molecule has 4 nitrogen and oxygen atoms in total. The first-order chi connectivity index (χ1) is 9.74. The van der Waals surface area contributed by atoms with Crippen LogP contribution in [0.3, 0.4) is 0 Å². The van der Waals surface area contributed by atoms with E-state index in [1.165, 1.54) is 0 Å². The van der Waals surface area contributed by atoms with Crippen LogP contribution in [0.15, 0.2) is 30.3 Å². The van der Waals surface area contributed by atoms with E-state index in [9.17, 15) is 4.79 Å². The largest absolute Gasteiger partial charge is 0.494 e. The van der Waals surface area contributed by atoms with Gasteiger partial charge in [0.05, 0.1) is 13.2 Å². The summed E-state index contributed by atoms with van der Waals surface area (Å²) < 4.78 is 5.37. The van der Waals surface area contributed by atoms with Crippen LogP contribution >= 0.6 is 0 Å². The molecule has 0 atom stereocenters. The van der Waals surface area contributed by atoms with Crippen molar-refractivity contribution in [1.29, 1.82) is 0 Å². The fourth-order valence-corrected chi connectivity index (χ4v) is 2.07. The number of rotatable bonds is 7. The molecule has 2 rings (SSSR count). The van der Waals surface area contributed by atoms with Gasteiger partial charge in [0.15, 0.2) is 0 Å². The van der Waals surface area contributed by atoms with Crippen LogP contribution in [0.4, 0.5) is 0 Å². The third-order valence-corrected chi connectivity index (χ3v) is 3.22. The van der Waals surface area contributed by atoms with Crippen molar-refractivity contribution in [3.8, 4) is 5.75 Å². The first-order valence-electron chi connectivity index (χ1n) is 7.07. The van der Waals surface area contributed by atoms with Crippen LogP contribution in [0, 0.1) is 0 Å². The molecule has 0 spiro atoms. The molecule has 108 valence electrons. The highest BCUT2D eigenvalue weighted by Crippen LogP contribution is 2.26. The van der Waals surface area contributed by atoms with Crippen molar-refractivity contribution in [1.82, 2.24) is 4.90 Å². The van der Waals surface area contributed by atoms with E-state index in [2.05, 4.69) is 0 Å². The third kappa shape index (κ3) is 4.10. The zero-order chi connectivity index (χ0) is 14.4. The monoisotopic (exact) mass is 275 g/mol. The lowest BCUT2D eigenvalue weighted by Crippen LogP contribution is -2.34. The average molecular weight is 275 g/mol. The number of aliphatic hydroxyl groups excluding tert-OH is 1. The van der Waals surface area contributed by atoms with Gasteiger partial charge in [-0.2, -0.15) is 0 Å². The molecule has 4 heteroatoms.